The Labute approximate surface area is 342 Å². The number of hydrogen-bond acceptors (Lipinski definition) is 10. The highest BCUT2D eigenvalue weighted by Crippen LogP contribution is 2.43. The number of carboxylic acids is 1. The van der Waals surface area contributed by atoms with Crippen molar-refractivity contribution in [3.63, 3.8) is 0 Å². The number of hydrogen-bond donors (Lipinski definition) is 3. The van der Waals surface area contributed by atoms with Crippen LogP contribution >= 0.6 is 7.82 Å². The first-order chi connectivity index (χ1) is 27.5. The van der Waals surface area contributed by atoms with Crippen molar-refractivity contribution in [1.29, 1.82) is 0 Å². The summed E-state index contributed by atoms with van der Waals surface area (Å²) in [5.74, 6) is -2.38. The number of phosphoric ester groups is 1. The fourth-order valence-electron chi connectivity index (χ4n) is 5.04. The van der Waals surface area contributed by atoms with E-state index in [4.69, 9.17) is 24.8 Å². The summed E-state index contributed by atoms with van der Waals surface area (Å²) in [6.45, 7) is 2.50. The van der Waals surface area contributed by atoms with E-state index >= 15 is 0 Å². The van der Waals surface area contributed by atoms with Gasteiger partial charge in [-0.1, -0.05) is 126 Å². The van der Waals surface area contributed by atoms with Crippen LogP contribution in [0.25, 0.3) is 0 Å². The summed E-state index contributed by atoms with van der Waals surface area (Å²) in [7, 11) is -4.75. The average Bonchev–Trinajstić information content (AvgIpc) is 3.18. The van der Waals surface area contributed by atoms with Crippen molar-refractivity contribution in [2.75, 3.05) is 19.8 Å². The van der Waals surface area contributed by atoms with Gasteiger partial charge in [-0.05, 0) is 76.7 Å². The molecule has 1 unspecified atom stereocenters. The summed E-state index contributed by atoms with van der Waals surface area (Å²) in [5.41, 5.74) is 5.32. The second kappa shape index (κ2) is 38.1. The van der Waals surface area contributed by atoms with Crippen molar-refractivity contribution in [2.45, 2.75) is 161 Å². The van der Waals surface area contributed by atoms with E-state index in [0.717, 1.165) is 77.0 Å². The predicted molar refractivity (Wildman–Crippen MR) is 226 cm³/mol. The van der Waals surface area contributed by atoms with Crippen LogP contribution in [0.15, 0.2) is 72.9 Å². The Morgan fingerprint density at radius 1 is 0.596 bits per heavy atom. The number of aliphatic carboxylic acids is 1. The third-order valence-electron chi connectivity index (χ3n) is 8.40. The lowest BCUT2D eigenvalue weighted by Crippen LogP contribution is -2.34. The fraction of sp³-hybridized carbons (Fsp3) is 0.636. The first-order valence-corrected chi connectivity index (χ1v) is 22.4. The summed E-state index contributed by atoms with van der Waals surface area (Å²) in [6.07, 6.45) is 41.0. The number of phosphoric acid groups is 1. The molecule has 13 heteroatoms. The van der Waals surface area contributed by atoms with Gasteiger partial charge < -0.3 is 25.2 Å². The molecule has 0 spiro atoms. The summed E-state index contributed by atoms with van der Waals surface area (Å²) in [5, 5.41) is 8.88. The van der Waals surface area contributed by atoms with E-state index in [2.05, 4.69) is 54.8 Å². The number of unbranched alkanes of at least 4 members (excludes halogenated alkanes) is 11. The zero-order valence-electron chi connectivity index (χ0n) is 34.6. The van der Waals surface area contributed by atoms with Gasteiger partial charge >= 0.3 is 25.7 Å². The van der Waals surface area contributed by atoms with E-state index in [9.17, 15) is 28.6 Å². The summed E-state index contributed by atoms with van der Waals surface area (Å²) < 4.78 is 32.5. The number of carbonyl (C=O) groups is 4. The fourth-order valence-corrected chi connectivity index (χ4v) is 5.81. The number of esters is 2. The van der Waals surface area contributed by atoms with Gasteiger partial charge in [-0.25, -0.2) is 4.57 Å². The Hall–Kier alpha value is -3.41. The SMILES string of the molecule is CCCCC/C=C\C/C=C\C/C=C\C/C=C\CCCC(=O)O[C@H](COC(=O)CCCCCCC/C=C\C=C\C(=O)CCCCC)COP(=O)(O)OC[C@H](N)C(=O)O. The Balaban J connectivity index is 4.57. The number of carbonyl (C=O) groups excluding carboxylic acids is 3. The van der Waals surface area contributed by atoms with Crippen molar-refractivity contribution < 1.29 is 52.3 Å². The zero-order chi connectivity index (χ0) is 42.2. The van der Waals surface area contributed by atoms with E-state index in [1.165, 1.54) is 19.3 Å². The van der Waals surface area contributed by atoms with Crippen LogP contribution in [0.3, 0.4) is 0 Å². The van der Waals surface area contributed by atoms with Gasteiger partial charge in [0.2, 0.25) is 0 Å². The molecule has 0 saturated heterocycles. The summed E-state index contributed by atoms with van der Waals surface area (Å²) in [6, 6.07) is -1.55. The largest absolute Gasteiger partial charge is 0.480 e. The third-order valence-corrected chi connectivity index (χ3v) is 9.35. The topological polar surface area (TPSA) is 189 Å². The first kappa shape index (κ1) is 53.6. The van der Waals surface area contributed by atoms with Crippen LogP contribution in [0, 0.1) is 0 Å². The second-order valence-electron chi connectivity index (χ2n) is 13.8. The van der Waals surface area contributed by atoms with E-state index < -0.39 is 57.7 Å². The van der Waals surface area contributed by atoms with Gasteiger partial charge in [0.25, 0.3) is 0 Å². The van der Waals surface area contributed by atoms with Gasteiger partial charge in [0.05, 0.1) is 13.2 Å². The number of allylic oxidation sites excluding steroid dienone is 12. The normalized spacial score (nSPS) is 14.4. The lowest BCUT2D eigenvalue weighted by Gasteiger charge is -2.20. The van der Waals surface area contributed by atoms with Crippen LogP contribution in [0.2, 0.25) is 0 Å². The van der Waals surface area contributed by atoms with Crippen LogP contribution in [-0.4, -0.2) is 65.7 Å². The van der Waals surface area contributed by atoms with Gasteiger partial charge in [0, 0.05) is 19.3 Å². The second-order valence-corrected chi connectivity index (χ2v) is 15.3. The lowest BCUT2D eigenvalue weighted by molar-refractivity contribution is -0.161. The Morgan fingerprint density at radius 2 is 1.11 bits per heavy atom. The molecule has 0 aromatic rings. The molecule has 0 bridgehead atoms. The van der Waals surface area contributed by atoms with Gasteiger partial charge in [-0.2, -0.15) is 0 Å². The van der Waals surface area contributed by atoms with Gasteiger partial charge in [-0.3, -0.25) is 28.2 Å². The molecule has 0 rings (SSSR count). The molecule has 0 aromatic carbocycles. The van der Waals surface area contributed by atoms with Gasteiger partial charge in [0.15, 0.2) is 11.9 Å². The molecule has 4 N–H and O–H groups in total. The molecular formula is C44H72NO11P. The van der Waals surface area contributed by atoms with Crippen molar-refractivity contribution in [3.8, 4) is 0 Å². The molecule has 3 atom stereocenters. The Bertz CT molecular complexity index is 1300. The molecule has 0 radical (unpaired) electrons. The van der Waals surface area contributed by atoms with E-state index in [1.54, 1.807) is 12.2 Å². The first-order valence-electron chi connectivity index (χ1n) is 20.9. The number of ether oxygens (including phenoxy) is 2. The quantitative estimate of drug-likeness (QED) is 0.0134. The molecular weight excluding hydrogens is 749 g/mol. The smallest absolute Gasteiger partial charge is 0.472 e. The molecule has 324 valence electrons. The van der Waals surface area contributed by atoms with E-state index in [1.807, 2.05) is 24.3 Å². The van der Waals surface area contributed by atoms with Crippen molar-refractivity contribution in [1.82, 2.24) is 0 Å². The molecule has 0 fully saturated rings. The number of carboxylic acid groups (broad SMARTS) is 1. The van der Waals surface area contributed by atoms with E-state index in [0.29, 0.717) is 25.7 Å². The number of nitrogens with two attached hydrogens (primary N) is 1. The Kier molecular flexibility index (Phi) is 35.8. The molecule has 0 aliphatic rings. The van der Waals surface area contributed by atoms with Crippen molar-refractivity contribution >= 4 is 31.5 Å². The lowest BCUT2D eigenvalue weighted by atomic mass is 10.1. The molecule has 0 heterocycles. The van der Waals surface area contributed by atoms with Crippen LogP contribution in [0.5, 0.6) is 0 Å². The molecule has 12 nitrogen and oxygen atoms in total. The minimum atomic E-state index is -4.75. The molecule has 0 saturated carbocycles. The van der Waals surface area contributed by atoms with Gasteiger partial charge in [0.1, 0.15) is 12.6 Å². The number of rotatable bonds is 38. The standard InChI is InChI=1S/C44H72NO11P/c1-3-5-7-8-9-10-11-12-13-14-15-16-17-20-24-27-31-35-43(48)56-40(37-54-57(51,52)55-38-41(45)44(49)50)36-53-42(47)34-30-26-23-21-18-19-22-25-29-33-39(46)32-28-6-4-2/h9-10,12-13,15-16,20,22,24-25,29,33,40-41H,3-8,11,14,17-19,21,23,26-28,30-32,34-38,45H2,1-2H3,(H,49,50)(H,51,52)/b10-9-,13-12-,16-15-,24-20-,25-22-,33-29+/t40-,41+/m1/s1. The monoisotopic (exact) mass is 821 g/mol. The highest BCUT2D eigenvalue weighted by Gasteiger charge is 2.28. The highest BCUT2D eigenvalue weighted by atomic mass is 31.2. The molecule has 0 amide bonds. The zero-order valence-corrected chi connectivity index (χ0v) is 35.5. The predicted octanol–water partition coefficient (Wildman–Crippen LogP) is 10.1. The maximum Gasteiger partial charge on any atom is 0.472 e. The van der Waals surface area contributed by atoms with Crippen molar-refractivity contribution in [3.05, 3.63) is 72.9 Å². The summed E-state index contributed by atoms with van der Waals surface area (Å²) >= 11 is 0. The van der Waals surface area contributed by atoms with Crippen LogP contribution in [0.4, 0.5) is 0 Å². The molecule has 57 heavy (non-hydrogen) atoms. The molecule has 0 aromatic heterocycles. The summed E-state index contributed by atoms with van der Waals surface area (Å²) in [4.78, 5) is 57.6. The van der Waals surface area contributed by atoms with Gasteiger partial charge in [-0.15, -0.1) is 0 Å². The molecule has 0 aliphatic carbocycles. The minimum absolute atomic E-state index is 0.0640. The highest BCUT2D eigenvalue weighted by molar-refractivity contribution is 7.47. The number of ketones is 1. The van der Waals surface area contributed by atoms with E-state index in [-0.39, 0.29) is 18.6 Å². The maximum absolute atomic E-state index is 12.6. The van der Waals surface area contributed by atoms with Crippen molar-refractivity contribution in [2.24, 2.45) is 5.73 Å². The maximum atomic E-state index is 12.6. The van der Waals surface area contributed by atoms with Crippen LogP contribution < -0.4 is 5.73 Å². The Morgan fingerprint density at radius 3 is 1.75 bits per heavy atom. The van der Waals surface area contributed by atoms with Crippen LogP contribution in [0.1, 0.15) is 149 Å². The average molecular weight is 822 g/mol. The van der Waals surface area contributed by atoms with Crippen LogP contribution in [-0.2, 0) is 42.3 Å². The third kappa shape index (κ3) is 37.9. The molecule has 0 aliphatic heterocycles. The minimum Gasteiger partial charge on any atom is -0.480 e.